The first kappa shape index (κ1) is 20.3. The zero-order valence-electron chi connectivity index (χ0n) is 17.1. The van der Waals surface area contributed by atoms with E-state index in [1.54, 1.807) is 16.8 Å². The Morgan fingerprint density at radius 2 is 1.87 bits per heavy atom. The normalized spacial score (nSPS) is 12.3. The van der Waals surface area contributed by atoms with E-state index in [4.69, 9.17) is 16.7 Å². The van der Waals surface area contributed by atoms with Crippen molar-refractivity contribution in [1.82, 2.24) is 24.9 Å². The van der Waals surface area contributed by atoms with Crippen LogP contribution in [0.3, 0.4) is 0 Å². The van der Waals surface area contributed by atoms with Crippen molar-refractivity contribution < 1.29 is 4.39 Å². The number of hydrogen-bond acceptors (Lipinski definition) is 3. The molecule has 0 aliphatic carbocycles. The Kier molecular flexibility index (Phi) is 5.70. The lowest BCUT2D eigenvalue weighted by Crippen LogP contribution is -2.18. The molecule has 7 heteroatoms. The second-order valence-electron chi connectivity index (χ2n) is 7.32. The Balaban J connectivity index is 1.67. The fraction of sp³-hybridized carbons (Fsp3) is 0.217. The first-order chi connectivity index (χ1) is 14.4. The molecule has 30 heavy (non-hydrogen) atoms. The summed E-state index contributed by atoms with van der Waals surface area (Å²) in [4.78, 5) is 0. The lowest BCUT2D eigenvalue weighted by Gasteiger charge is -2.14. The SMILES string of the molecule is Cc1c(C(C)NCc2cn(-c3ccc(F)cc3)nc2-c2ccccc2Cl)cnn1C. The summed E-state index contributed by atoms with van der Waals surface area (Å²) in [5.74, 6) is -0.278. The zero-order valence-corrected chi connectivity index (χ0v) is 17.9. The van der Waals surface area contributed by atoms with Crippen LogP contribution in [-0.4, -0.2) is 19.6 Å². The summed E-state index contributed by atoms with van der Waals surface area (Å²) in [6.45, 7) is 4.77. The maximum absolute atomic E-state index is 13.3. The Labute approximate surface area is 180 Å². The number of halogens is 2. The van der Waals surface area contributed by atoms with E-state index in [-0.39, 0.29) is 11.9 Å². The topological polar surface area (TPSA) is 47.7 Å². The summed E-state index contributed by atoms with van der Waals surface area (Å²) in [6.07, 6.45) is 3.85. The molecule has 1 N–H and O–H groups in total. The van der Waals surface area contributed by atoms with Crippen molar-refractivity contribution in [2.75, 3.05) is 0 Å². The summed E-state index contributed by atoms with van der Waals surface area (Å²) in [7, 11) is 1.94. The van der Waals surface area contributed by atoms with Crippen molar-refractivity contribution in [3.8, 4) is 16.9 Å². The first-order valence-electron chi connectivity index (χ1n) is 9.75. The molecule has 2 heterocycles. The molecule has 5 nitrogen and oxygen atoms in total. The quantitative estimate of drug-likeness (QED) is 0.462. The highest BCUT2D eigenvalue weighted by molar-refractivity contribution is 6.33. The van der Waals surface area contributed by atoms with Gasteiger partial charge < -0.3 is 5.32 Å². The average Bonchev–Trinajstić information content (AvgIpc) is 3.31. The van der Waals surface area contributed by atoms with Crippen molar-refractivity contribution in [1.29, 1.82) is 0 Å². The molecule has 0 saturated carbocycles. The van der Waals surface area contributed by atoms with Crippen molar-refractivity contribution in [3.05, 3.63) is 88.6 Å². The number of hydrogen-bond donors (Lipinski definition) is 1. The van der Waals surface area contributed by atoms with Gasteiger partial charge in [0, 0.05) is 48.2 Å². The molecule has 0 aliphatic rings. The molecule has 0 amide bonds. The average molecular weight is 424 g/mol. The predicted octanol–water partition coefficient (Wildman–Crippen LogP) is 5.22. The van der Waals surface area contributed by atoms with Crippen molar-refractivity contribution in [2.45, 2.75) is 26.4 Å². The third-order valence-corrected chi connectivity index (χ3v) is 5.68. The maximum atomic E-state index is 13.3. The van der Waals surface area contributed by atoms with Gasteiger partial charge in [0.05, 0.1) is 22.6 Å². The lowest BCUT2D eigenvalue weighted by molar-refractivity contribution is 0.571. The molecule has 154 valence electrons. The number of aryl methyl sites for hydroxylation is 1. The maximum Gasteiger partial charge on any atom is 0.123 e. The van der Waals surface area contributed by atoms with Crippen LogP contribution in [0.4, 0.5) is 4.39 Å². The van der Waals surface area contributed by atoms with E-state index in [1.165, 1.54) is 12.1 Å². The number of rotatable bonds is 6. The number of nitrogens with one attached hydrogen (secondary N) is 1. The minimum Gasteiger partial charge on any atom is -0.306 e. The van der Waals surface area contributed by atoms with E-state index in [1.807, 2.05) is 48.4 Å². The summed E-state index contributed by atoms with van der Waals surface area (Å²) in [6, 6.07) is 14.0. The van der Waals surface area contributed by atoms with Crippen LogP contribution in [0.2, 0.25) is 5.02 Å². The zero-order chi connectivity index (χ0) is 21.3. The van der Waals surface area contributed by atoms with Gasteiger partial charge in [-0.1, -0.05) is 29.8 Å². The highest BCUT2D eigenvalue weighted by Crippen LogP contribution is 2.30. The van der Waals surface area contributed by atoms with Gasteiger partial charge in [-0.05, 0) is 44.2 Å². The standard InChI is InChI=1S/C23H23ClFN5/c1-15(21-13-27-29(3)16(21)2)26-12-17-14-30(19-10-8-18(25)9-11-19)28-23(17)20-6-4-5-7-22(20)24/h4-11,13-15,26H,12H2,1-3H3. The Morgan fingerprint density at radius 3 is 2.53 bits per heavy atom. The van der Waals surface area contributed by atoms with Crippen LogP contribution in [-0.2, 0) is 13.6 Å². The molecule has 0 fully saturated rings. The van der Waals surface area contributed by atoms with Crippen LogP contribution in [0.15, 0.2) is 60.9 Å². The van der Waals surface area contributed by atoms with E-state index in [2.05, 4.69) is 24.3 Å². The summed E-state index contributed by atoms with van der Waals surface area (Å²) in [5.41, 5.74) is 5.73. The van der Waals surface area contributed by atoms with E-state index in [0.717, 1.165) is 33.8 Å². The van der Waals surface area contributed by atoms with E-state index >= 15 is 0 Å². The van der Waals surface area contributed by atoms with Gasteiger partial charge in [-0.15, -0.1) is 0 Å². The second-order valence-corrected chi connectivity index (χ2v) is 7.72. The molecule has 0 bridgehead atoms. The molecule has 0 saturated heterocycles. The van der Waals surface area contributed by atoms with Crippen LogP contribution in [0, 0.1) is 12.7 Å². The van der Waals surface area contributed by atoms with Crippen LogP contribution in [0.1, 0.15) is 29.8 Å². The van der Waals surface area contributed by atoms with Gasteiger partial charge in [0.15, 0.2) is 0 Å². The Bertz CT molecular complexity index is 1160. The molecule has 0 aliphatic heterocycles. The summed E-state index contributed by atoms with van der Waals surface area (Å²) in [5, 5.41) is 13.3. The molecule has 4 rings (SSSR count). The Hall–Kier alpha value is -2.96. The van der Waals surface area contributed by atoms with E-state index < -0.39 is 0 Å². The van der Waals surface area contributed by atoms with Crippen molar-refractivity contribution in [3.63, 3.8) is 0 Å². The molecule has 1 atom stereocenters. The van der Waals surface area contributed by atoms with Gasteiger partial charge in [-0.3, -0.25) is 4.68 Å². The molecule has 1 unspecified atom stereocenters. The third-order valence-electron chi connectivity index (χ3n) is 5.35. The van der Waals surface area contributed by atoms with Gasteiger partial charge >= 0.3 is 0 Å². The first-order valence-corrected chi connectivity index (χ1v) is 10.1. The molecule has 0 radical (unpaired) electrons. The van der Waals surface area contributed by atoms with Gasteiger partial charge in [-0.25, -0.2) is 9.07 Å². The largest absolute Gasteiger partial charge is 0.306 e. The Morgan fingerprint density at radius 1 is 1.13 bits per heavy atom. The van der Waals surface area contributed by atoms with Crippen LogP contribution in [0.5, 0.6) is 0 Å². The minimum absolute atomic E-state index is 0.118. The minimum atomic E-state index is -0.278. The van der Waals surface area contributed by atoms with Crippen molar-refractivity contribution >= 4 is 11.6 Å². The lowest BCUT2D eigenvalue weighted by atomic mass is 10.1. The smallest absolute Gasteiger partial charge is 0.123 e. The van der Waals surface area contributed by atoms with E-state index in [9.17, 15) is 4.39 Å². The highest BCUT2D eigenvalue weighted by Gasteiger charge is 2.17. The molecule has 2 aromatic carbocycles. The van der Waals surface area contributed by atoms with Gasteiger partial charge in [0.25, 0.3) is 0 Å². The van der Waals surface area contributed by atoms with Crippen molar-refractivity contribution in [2.24, 2.45) is 7.05 Å². The van der Waals surface area contributed by atoms with Crippen LogP contribution < -0.4 is 5.32 Å². The fourth-order valence-corrected chi connectivity index (χ4v) is 3.68. The summed E-state index contributed by atoms with van der Waals surface area (Å²) >= 11 is 6.46. The second kappa shape index (κ2) is 8.42. The van der Waals surface area contributed by atoms with Crippen LogP contribution >= 0.6 is 11.6 Å². The molecule has 0 spiro atoms. The molecule has 4 aromatic rings. The highest BCUT2D eigenvalue weighted by atomic mass is 35.5. The number of benzene rings is 2. The van der Waals surface area contributed by atoms with Crippen LogP contribution in [0.25, 0.3) is 16.9 Å². The molecule has 2 aromatic heterocycles. The number of nitrogens with zero attached hydrogens (tertiary/aromatic N) is 4. The van der Waals surface area contributed by atoms with Gasteiger partial charge in [-0.2, -0.15) is 10.2 Å². The predicted molar refractivity (Wildman–Crippen MR) is 117 cm³/mol. The molecular formula is C23H23ClFN5. The van der Waals surface area contributed by atoms with Gasteiger partial charge in [0.2, 0.25) is 0 Å². The third kappa shape index (κ3) is 4.01. The molecular weight excluding hydrogens is 401 g/mol. The van der Waals surface area contributed by atoms with E-state index in [0.29, 0.717) is 11.6 Å². The van der Waals surface area contributed by atoms with Gasteiger partial charge in [0.1, 0.15) is 5.82 Å². The number of aromatic nitrogens is 4. The fourth-order valence-electron chi connectivity index (χ4n) is 3.46. The summed E-state index contributed by atoms with van der Waals surface area (Å²) < 4.78 is 17.0. The monoisotopic (exact) mass is 423 g/mol.